The van der Waals surface area contributed by atoms with Crippen LogP contribution >= 0.6 is 0 Å². The molecule has 2 atom stereocenters. The Morgan fingerprint density at radius 3 is 2.70 bits per heavy atom. The molecule has 2 unspecified atom stereocenters. The van der Waals surface area contributed by atoms with E-state index >= 15 is 0 Å². The average Bonchev–Trinajstić information content (AvgIpc) is 2.48. The Bertz CT molecular complexity index is 512. The van der Waals surface area contributed by atoms with E-state index in [1.54, 1.807) is 0 Å². The number of fused-ring (bicyclic) bond motifs is 1. The van der Waals surface area contributed by atoms with Crippen LogP contribution in [0.3, 0.4) is 0 Å². The maximum absolute atomic E-state index is 12.7. The Kier molecular flexibility index (Phi) is 3.55. The fraction of sp³-hybridized carbons (Fsp3) is 0.562. The van der Waals surface area contributed by atoms with Crippen LogP contribution in [0.2, 0.25) is 0 Å². The van der Waals surface area contributed by atoms with Crippen LogP contribution in [0.15, 0.2) is 18.2 Å². The van der Waals surface area contributed by atoms with E-state index in [4.69, 9.17) is 0 Å². The normalized spacial score (nSPS) is 26.1. The van der Waals surface area contributed by atoms with E-state index < -0.39 is 0 Å². The highest BCUT2D eigenvalue weighted by Crippen LogP contribution is 2.36. The molecule has 0 aromatic heterocycles. The minimum Gasteiger partial charge on any atom is -0.508 e. The number of likely N-dealkylation sites (tertiary alicyclic amines) is 1. The molecule has 108 valence electrons. The van der Waals surface area contributed by atoms with Crippen molar-refractivity contribution in [3.8, 4) is 11.5 Å². The van der Waals surface area contributed by atoms with Gasteiger partial charge in [-0.15, -0.1) is 0 Å². The number of carbonyl (C=O) groups excluding carboxylic acids is 1. The lowest BCUT2D eigenvalue weighted by Crippen LogP contribution is -2.49. The Labute approximate surface area is 119 Å². The highest BCUT2D eigenvalue weighted by Gasteiger charge is 2.36. The molecule has 1 saturated heterocycles. The zero-order valence-corrected chi connectivity index (χ0v) is 11.6. The van der Waals surface area contributed by atoms with E-state index in [1.165, 1.54) is 43.9 Å². The number of hydrogen-bond acceptors (Lipinski definition) is 3. The summed E-state index contributed by atoms with van der Waals surface area (Å²) in [6.45, 7) is 0.759. The van der Waals surface area contributed by atoms with Crippen LogP contribution in [-0.4, -0.2) is 33.6 Å². The standard InChI is InChI=1S/C16H21NO3/c18-12-7-8-15(19)13(10-12)16(20)17-9-3-5-11-4-1-2-6-14(11)17/h7-8,10-11,14,18-19H,1-6,9H2. The summed E-state index contributed by atoms with van der Waals surface area (Å²) in [5.41, 5.74) is 0.219. The van der Waals surface area contributed by atoms with E-state index in [0.717, 1.165) is 19.4 Å². The maximum atomic E-state index is 12.7. The molecule has 0 bridgehead atoms. The van der Waals surface area contributed by atoms with Crippen molar-refractivity contribution in [2.24, 2.45) is 5.92 Å². The molecule has 1 aliphatic carbocycles. The van der Waals surface area contributed by atoms with E-state index in [2.05, 4.69) is 0 Å². The Morgan fingerprint density at radius 2 is 1.85 bits per heavy atom. The van der Waals surface area contributed by atoms with Crippen molar-refractivity contribution in [1.29, 1.82) is 0 Å². The molecule has 3 rings (SSSR count). The van der Waals surface area contributed by atoms with Crippen molar-refractivity contribution >= 4 is 5.91 Å². The van der Waals surface area contributed by atoms with E-state index in [0.29, 0.717) is 12.0 Å². The summed E-state index contributed by atoms with van der Waals surface area (Å²) in [6, 6.07) is 4.45. The Hall–Kier alpha value is -1.71. The number of amides is 1. The van der Waals surface area contributed by atoms with E-state index in [-0.39, 0.29) is 23.0 Å². The molecule has 0 spiro atoms. The maximum Gasteiger partial charge on any atom is 0.258 e. The van der Waals surface area contributed by atoms with Gasteiger partial charge in [0.15, 0.2) is 0 Å². The van der Waals surface area contributed by atoms with Gasteiger partial charge >= 0.3 is 0 Å². The topological polar surface area (TPSA) is 60.8 Å². The fourth-order valence-corrected chi connectivity index (χ4v) is 3.73. The second kappa shape index (κ2) is 5.35. The number of aromatic hydroxyl groups is 2. The van der Waals surface area contributed by atoms with Crippen molar-refractivity contribution in [3.05, 3.63) is 23.8 Å². The van der Waals surface area contributed by atoms with Gasteiger partial charge < -0.3 is 15.1 Å². The Morgan fingerprint density at radius 1 is 1.10 bits per heavy atom. The lowest BCUT2D eigenvalue weighted by molar-refractivity contribution is 0.0388. The third-order valence-electron chi connectivity index (χ3n) is 4.71. The van der Waals surface area contributed by atoms with Crippen molar-refractivity contribution in [3.63, 3.8) is 0 Å². The van der Waals surface area contributed by atoms with Crippen LogP contribution in [0.25, 0.3) is 0 Å². The number of phenols is 2. The number of benzene rings is 1. The summed E-state index contributed by atoms with van der Waals surface area (Å²) >= 11 is 0. The zero-order valence-electron chi connectivity index (χ0n) is 11.6. The molecule has 4 heteroatoms. The number of hydrogen-bond donors (Lipinski definition) is 2. The minimum absolute atomic E-state index is 0.0170. The van der Waals surface area contributed by atoms with Crippen molar-refractivity contribution in [2.75, 3.05) is 6.54 Å². The van der Waals surface area contributed by atoms with Gasteiger partial charge in [0.05, 0.1) is 5.56 Å². The third kappa shape index (κ3) is 2.35. The summed E-state index contributed by atoms with van der Waals surface area (Å²) in [4.78, 5) is 14.6. The highest BCUT2D eigenvalue weighted by atomic mass is 16.3. The molecule has 2 aliphatic rings. The molecular formula is C16H21NO3. The van der Waals surface area contributed by atoms with Gasteiger partial charge in [-0.25, -0.2) is 0 Å². The zero-order chi connectivity index (χ0) is 14.1. The molecule has 1 aromatic rings. The largest absolute Gasteiger partial charge is 0.508 e. The molecule has 1 aliphatic heterocycles. The van der Waals surface area contributed by atoms with Crippen molar-refractivity contribution in [1.82, 2.24) is 4.90 Å². The lowest BCUT2D eigenvalue weighted by atomic mass is 9.78. The molecule has 1 aromatic carbocycles. The van der Waals surface area contributed by atoms with Crippen LogP contribution in [0.4, 0.5) is 0 Å². The SMILES string of the molecule is O=C(c1cc(O)ccc1O)N1CCCC2CCCCC21. The predicted octanol–water partition coefficient (Wildman–Crippen LogP) is 2.89. The molecule has 1 saturated carbocycles. The van der Waals surface area contributed by atoms with Crippen LogP contribution in [-0.2, 0) is 0 Å². The molecule has 1 amide bonds. The molecular weight excluding hydrogens is 254 g/mol. The first kappa shape index (κ1) is 13.3. The second-order valence-corrected chi connectivity index (χ2v) is 5.95. The van der Waals surface area contributed by atoms with Crippen molar-refractivity contribution < 1.29 is 15.0 Å². The first-order valence-corrected chi connectivity index (χ1v) is 7.50. The van der Waals surface area contributed by atoms with Gasteiger partial charge in [0, 0.05) is 12.6 Å². The molecule has 2 N–H and O–H groups in total. The Balaban J connectivity index is 1.87. The average molecular weight is 275 g/mol. The van der Waals surface area contributed by atoms with Gasteiger partial charge in [-0.1, -0.05) is 12.8 Å². The molecule has 20 heavy (non-hydrogen) atoms. The lowest BCUT2D eigenvalue weighted by Gasteiger charge is -2.44. The number of phenolic OH excluding ortho intramolecular Hbond substituents is 2. The first-order chi connectivity index (χ1) is 9.66. The molecule has 4 nitrogen and oxygen atoms in total. The van der Waals surface area contributed by atoms with Gasteiger partial charge in [-0.05, 0) is 49.8 Å². The van der Waals surface area contributed by atoms with E-state index in [9.17, 15) is 15.0 Å². The summed E-state index contributed by atoms with van der Waals surface area (Å²) in [5, 5.41) is 19.4. The number of rotatable bonds is 1. The van der Waals surface area contributed by atoms with Crippen LogP contribution in [0, 0.1) is 5.92 Å². The summed E-state index contributed by atoms with van der Waals surface area (Å²) in [5.74, 6) is 0.435. The van der Waals surface area contributed by atoms with Gasteiger partial charge in [0.1, 0.15) is 11.5 Å². The molecule has 0 radical (unpaired) electrons. The number of carbonyl (C=O) groups is 1. The smallest absolute Gasteiger partial charge is 0.258 e. The molecule has 1 heterocycles. The molecule has 2 fully saturated rings. The number of nitrogens with zero attached hydrogens (tertiary/aromatic N) is 1. The van der Waals surface area contributed by atoms with Crippen molar-refractivity contribution in [2.45, 2.75) is 44.6 Å². The quantitative estimate of drug-likeness (QED) is 0.775. The summed E-state index contributed by atoms with van der Waals surface area (Å²) < 4.78 is 0. The van der Waals surface area contributed by atoms with Gasteiger partial charge in [-0.3, -0.25) is 4.79 Å². The summed E-state index contributed by atoms with van der Waals surface area (Å²) in [7, 11) is 0. The highest BCUT2D eigenvalue weighted by molar-refractivity contribution is 5.97. The second-order valence-electron chi connectivity index (χ2n) is 5.95. The van der Waals surface area contributed by atoms with Crippen LogP contribution < -0.4 is 0 Å². The third-order valence-corrected chi connectivity index (χ3v) is 4.71. The first-order valence-electron chi connectivity index (χ1n) is 7.50. The predicted molar refractivity (Wildman–Crippen MR) is 75.8 cm³/mol. The van der Waals surface area contributed by atoms with Gasteiger partial charge in [-0.2, -0.15) is 0 Å². The van der Waals surface area contributed by atoms with Crippen LogP contribution in [0.5, 0.6) is 11.5 Å². The minimum atomic E-state index is -0.144. The fourth-order valence-electron chi connectivity index (χ4n) is 3.73. The summed E-state index contributed by atoms with van der Waals surface area (Å²) in [6.07, 6.45) is 6.96. The van der Waals surface area contributed by atoms with Gasteiger partial charge in [0.25, 0.3) is 5.91 Å². The van der Waals surface area contributed by atoms with Gasteiger partial charge in [0.2, 0.25) is 0 Å². The van der Waals surface area contributed by atoms with Crippen LogP contribution in [0.1, 0.15) is 48.9 Å². The van der Waals surface area contributed by atoms with E-state index in [1.807, 2.05) is 4.90 Å². The monoisotopic (exact) mass is 275 g/mol. The number of piperidine rings is 1.